The van der Waals surface area contributed by atoms with Crippen LogP contribution in [0.1, 0.15) is 40.0 Å². The average molecular weight is 129 g/mol. The SMILES string of the molecule is CCC[C@@H](N)C(C)CC. The Morgan fingerprint density at radius 1 is 1.33 bits per heavy atom. The number of nitrogens with two attached hydrogens (primary N) is 1. The molecule has 1 unspecified atom stereocenters. The lowest BCUT2D eigenvalue weighted by Gasteiger charge is -2.16. The van der Waals surface area contributed by atoms with Gasteiger partial charge in [-0.3, -0.25) is 0 Å². The van der Waals surface area contributed by atoms with Crippen LogP contribution in [0.4, 0.5) is 0 Å². The van der Waals surface area contributed by atoms with Crippen molar-refractivity contribution in [3.63, 3.8) is 0 Å². The molecule has 0 bridgehead atoms. The summed E-state index contributed by atoms with van der Waals surface area (Å²) in [6, 6.07) is 0.431. The summed E-state index contributed by atoms with van der Waals surface area (Å²) in [4.78, 5) is 0. The molecule has 1 nitrogen and oxygen atoms in total. The molecule has 0 aromatic carbocycles. The van der Waals surface area contributed by atoms with E-state index in [1.807, 2.05) is 0 Å². The summed E-state index contributed by atoms with van der Waals surface area (Å²) in [7, 11) is 0. The Kier molecular flexibility index (Phi) is 4.78. The van der Waals surface area contributed by atoms with Crippen LogP contribution >= 0.6 is 0 Å². The molecule has 0 amide bonds. The van der Waals surface area contributed by atoms with Crippen LogP contribution in [0.15, 0.2) is 0 Å². The molecule has 56 valence electrons. The third kappa shape index (κ3) is 3.52. The summed E-state index contributed by atoms with van der Waals surface area (Å²) < 4.78 is 0. The van der Waals surface area contributed by atoms with Gasteiger partial charge in [-0.2, -0.15) is 0 Å². The lowest BCUT2D eigenvalue weighted by molar-refractivity contribution is 0.417. The van der Waals surface area contributed by atoms with Crippen molar-refractivity contribution in [2.45, 2.75) is 46.1 Å². The maximum atomic E-state index is 5.84. The zero-order valence-corrected chi connectivity index (χ0v) is 6.85. The molecule has 0 saturated carbocycles. The second-order valence-electron chi connectivity index (χ2n) is 2.84. The van der Waals surface area contributed by atoms with E-state index in [0.29, 0.717) is 12.0 Å². The summed E-state index contributed by atoms with van der Waals surface area (Å²) in [6.07, 6.45) is 3.60. The fourth-order valence-electron chi connectivity index (χ4n) is 0.921. The predicted molar refractivity (Wildman–Crippen MR) is 42.3 cm³/mol. The Morgan fingerprint density at radius 3 is 2.22 bits per heavy atom. The minimum atomic E-state index is 0.431. The molecule has 0 heterocycles. The van der Waals surface area contributed by atoms with E-state index in [4.69, 9.17) is 5.73 Å². The molecular formula is C8H19N. The maximum Gasteiger partial charge on any atom is 0.00643 e. The van der Waals surface area contributed by atoms with E-state index in [2.05, 4.69) is 20.8 Å². The fourth-order valence-corrected chi connectivity index (χ4v) is 0.921. The highest BCUT2D eigenvalue weighted by atomic mass is 14.6. The Bertz CT molecular complexity index is 61.6. The van der Waals surface area contributed by atoms with Crippen molar-refractivity contribution < 1.29 is 0 Å². The lowest BCUT2D eigenvalue weighted by Crippen LogP contribution is -2.27. The molecule has 0 spiro atoms. The quantitative estimate of drug-likeness (QED) is 0.618. The highest BCUT2D eigenvalue weighted by molar-refractivity contribution is 4.66. The Hall–Kier alpha value is -0.0400. The maximum absolute atomic E-state index is 5.84. The smallest absolute Gasteiger partial charge is 0.00643 e. The van der Waals surface area contributed by atoms with E-state index in [1.165, 1.54) is 19.3 Å². The molecule has 2 N–H and O–H groups in total. The van der Waals surface area contributed by atoms with Gasteiger partial charge in [0.1, 0.15) is 0 Å². The van der Waals surface area contributed by atoms with Crippen molar-refractivity contribution >= 4 is 0 Å². The van der Waals surface area contributed by atoms with Crippen LogP contribution in [0, 0.1) is 5.92 Å². The fraction of sp³-hybridized carbons (Fsp3) is 1.00. The molecule has 0 aliphatic rings. The zero-order chi connectivity index (χ0) is 7.28. The highest BCUT2D eigenvalue weighted by Crippen LogP contribution is 2.09. The first-order chi connectivity index (χ1) is 4.22. The Morgan fingerprint density at radius 2 is 1.89 bits per heavy atom. The summed E-state index contributed by atoms with van der Waals surface area (Å²) in [5.41, 5.74) is 5.84. The Balaban J connectivity index is 3.32. The van der Waals surface area contributed by atoms with Crippen molar-refractivity contribution in [2.75, 3.05) is 0 Å². The van der Waals surface area contributed by atoms with Gasteiger partial charge in [0.2, 0.25) is 0 Å². The molecule has 0 aliphatic carbocycles. The first kappa shape index (κ1) is 8.96. The number of hydrogen-bond donors (Lipinski definition) is 1. The summed E-state index contributed by atoms with van der Waals surface area (Å²) >= 11 is 0. The zero-order valence-electron chi connectivity index (χ0n) is 6.85. The molecule has 0 saturated heterocycles. The number of rotatable bonds is 4. The van der Waals surface area contributed by atoms with E-state index < -0.39 is 0 Å². The number of hydrogen-bond acceptors (Lipinski definition) is 1. The molecule has 2 atom stereocenters. The van der Waals surface area contributed by atoms with Crippen molar-refractivity contribution in [1.82, 2.24) is 0 Å². The van der Waals surface area contributed by atoms with Gasteiger partial charge in [0.05, 0.1) is 0 Å². The molecule has 9 heavy (non-hydrogen) atoms. The Labute approximate surface area is 58.6 Å². The minimum absolute atomic E-state index is 0.431. The standard InChI is InChI=1S/C8H19N/c1-4-6-8(9)7(3)5-2/h7-8H,4-6,9H2,1-3H3/t7?,8-/m1/s1. The van der Waals surface area contributed by atoms with E-state index >= 15 is 0 Å². The monoisotopic (exact) mass is 129 g/mol. The topological polar surface area (TPSA) is 26.0 Å². The molecule has 0 aromatic rings. The van der Waals surface area contributed by atoms with E-state index in [9.17, 15) is 0 Å². The largest absolute Gasteiger partial charge is 0.327 e. The molecule has 0 aromatic heterocycles. The van der Waals surface area contributed by atoms with Crippen LogP contribution in [-0.4, -0.2) is 6.04 Å². The van der Waals surface area contributed by atoms with Gasteiger partial charge < -0.3 is 5.73 Å². The second-order valence-corrected chi connectivity index (χ2v) is 2.84. The van der Waals surface area contributed by atoms with Crippen molar-refractivity contribution in [2.24, 2.45) is 11.7 Å². The van der Waals surface area contributed by atoms with Crippen LogP contribution in [0.2, 0.25) is 0 Å². The van der Waals surface area contributed by atoms with Crippen LogP contribution in [0.25, 0.3) is 0 Å². The van der Waals surface area contributed by atoms with Gasteiger partial charge in [0, 0.05) is 6.04 Å². The molecule has 0 rings (SSSR count). The summed E-state index contributed by atoms with van der Waals surface area (Å²) in [5.74, 6) is 0.699. The van der Waals surface area contributed by atoms with Crippen molar-refractivity contribution in [1.29, 1.82) is 0 Å². The van der Waals surface area contributed by atoms with Crippen LogP contribution in [0.5, 0.6) is 0 Å². The molecule has 0 fully saturated rings. The van der Waals surface area contributed by atoms with Gasteiger partial charge in [0.25, 0.3) is 0 Å². The molecule has 1 heteroatoms. The van der Waals surface area contributed by atoms with E-state index in [1.54, 1.807) is 0 Å². The summed E-state index contributed by atoms with van der Waals surface area (Å²) in [5, 5.41) is 0. The van der Waals surface area contributed by atoms with Gasteiger partial charge in [-0.1, -0.05) is 33.6 Å². The van der Waals surface area contributed by atoms with Crippen molar-refractivity contribution in [3.8, 4) is 0 Å². The van der Waals surface area contributed by atoms with E-state index in [0.717, 1.165) is 0 Å². The van der Waals surface area contributed by atoms with Gasteiger partial charge in [0.15, 0.2) is 0 Å². The molecule has 0 aliphatic heterocycles. The van der Waals surface area contributed by atoms with Gasteiger partial charge in [-0.25, -0.2) is 0 Å². The van der Waals surface area contributed by atoms with Crippen LogP contribution in [-0.2, 0) is 0 Å². The molecular weight excluding hydrogens is 110 g/mol. The minimum Gasteiger partial charge on any atom is -0.327 e. The van der Waals surface area contributed by atoms with E-state index in [-0.39, 0.29) is 0 Å². The van der Waals surface area contributed by atoms with Gasteiger partial charge in [-0.05, 0) is 12.3 Å². The van der Waals surface area contributed by atoms with Crippen LogP contribution < -0.4 is 5.73 Å². The molecule has 0 radical (unpaired) electrons. The lowest BCUT2D eigenvalue weighted by atomic mass is 9.96. The normalized spacial score (nSPS) is 17.3. The summed E-state index contributed by atoms with van der Waals surface area (Å²) in [6.45, 7) is 6.60. The first-order valence-electron chi connectivity index (χ1n) is 3.97. The predicted octanol–water partition coefficient (Wildman–Crippen LogP) is 2.16. The van der Waals surface area contributed by atoms with Crippen LogP contribution in [0.3, 0.4) is 0 Å². The third-order valence-corrected chi connectivity index (χ3v) is 2.00. The highest BCUT2D eigenvalue weighted by Gasteiger charge is 2.07. The average Bonchev–Trinajstić information content (AvgIpc) is 1.87. The van der Waals surface area contributed by atoms with Gasteiger partial charge in [-0.15, -0.1) is 0 Å². The van der Waals surface area contributed by atoms with Gasteiger partial charge >= 0.3 is 0 Å². The van der Waals surface area contributed by atoms with Crippen molar-refractivity contribution in [3.05, 3.63) is 0 Å². The second kappa shape index (κ2) is 4.80. The first-order valence-corrected chi connectivity index (χ1v) is 3.97. The third-order valence-electron chi connectivity index (χ3n) is 2.00.